The molecule has 0 saturated heterocycles. The van der Waals surface area contributed by atoms with Gasteiger partial charge in [0.05, 0.1) is 0 Å². The molecule has 0 spiro atoms. The van der Waals surface area contributed by atoms with Crippen molar-refractivity contribution in [1.82, 2.24) is 0 Å². The van der Waals surface area contributed by atoms with Crippen molar-refractivity contribution in [2.24, 2.45) is 16.6 Å². The average Bonchev–Trinajstić information content (AvgIpc) is 3.16. The van der Waals surface area contributed by atoms with E-state index in [4.69, 9.17) is 17.3 Å². The molecule has 7 heteroatoms. The van der Waals surface area contributed by atoms with Crippen LogP contribution in [0.5, 0.6) is 0 Å². The summed E-state index contributed by atoms with van der Waals surface area (Å²) in [6.45, 7) is 6.72. The second-order valence-corrected chi connectivity index (χ2v) is 5.29. The van der Waals surface area contributed by atoms with Crippen LogP contribution in [0.25, 0.3) is 0 Å². The van der Waals surface area contributed by atoms with Gasteiger partial charge in [0.1, 0.15) is 11.8 Å². The number of amidine groups is 1. The van der Waals surface area contributed by atoms with Crippen LogP contribution in [0.4, 0.5) is 14.5 Å². The first-order valence-corrected chi connectivity index (χ1v) is 7.36. The first kappa shape index (κ1) is 19.6. The van der Waals surface area contributed by atoms with Crippen molar-refractivity contribution in [3.8, 4) is 0 Å². The van der Waals surface area contributed by atoms with Gasteiger partial charge in [-0.1, -0.05) is 43.0 Å². The SMILES string of the molecule is C=CC=C.NC(/C=C\Nc1cccc(Cl)c1)=NC(=O)C1CC1(F)F. The van der Waals surface area contributed by atoms with Crippen LogP contribution in [0.1, 0.15) is 6.42 Å². The Labute approximate surface area is 144 Å². The van der Waals surface area contributed by atoms with Crippen molar-refractivity contribution in [2.45, 2.75) is 12.3 Å². The number of carbonyl (C=O) groups is 1. The molecule has 1 amide bonds. The van der Waals surface area contributed by atoms with Gasteiger partial charge in [-0.05, 0) is 24.3 Å². The maximum Gasteiger partial charge on any atom is 0.260 e. The number of nitrogens with two attached hydrogens (primary N) is 1. The fraction of sp³-hybridized carbons (Fsp3) is 0.176. The minimum Gasteiger partial charge on any atom is -0.384 e. The number of amides is 1. The predicted octanol–water partition coefficient (Wildman–Crippen LogP) is 4.16. The fourth-order valence-corrected chi connectivity index (χ4v) is 1.72. The second kappa shape index (κ2) is 8.98. The molecule has 24 heavy (non-hydrogen) atoms. The number of hydrogen-bond donors (Lipinski definition) is 2. The molecule has 0 heterocycles. The number of nitrogens with one attached hydrogen (secondary N) is 1. The van der Waals surface area contributed by atoms with E-state index < -0.39 is 24.2 Å². The Hall–Kier alpha value is -2.47. The summed E-state index contributed by atoms with van der Waals surface area (Å²) < 4.78 is 25.3. The van der Waals surface area contributed by atoms with Gasteiger partial charge in [-0.3, -0.25) is 4.79 Å². The number of allylic oxidation sites excluding steroid dienone is 2. The van der Waals surface area contributed by atoms with Crippen LogP contribution >= 0.6 is 11.6 Å². The van der Waals surface area contributed by atoms with E-state index in [0.717, 1.165) is 5.69 Å². The molecular weight excluding hydrogens is 336 g/mol. The standard InChI is InChI=1S/C13H12ClF2N3O.C4H6/c14-8-2-1-3-9(6-8)18-5-4-11(17)19-12(20)10-7-13(10,15)16;1-3-4-2/h1-6,10,18H,7H2,(H2,17,19,20);3-4H,1-2H2/b5-4-;. The number of benzene rings is 1. The van der Waals surface area contributed by atoms with E-state index in [1.165, 1.54) is 12.3 Å². The number of carbonyl (C=O) groups excluding carboxylic acids is 1. The van der Waals surface area contributed by atoms with Crippen LogP contribution in [-0.4, -0.2) is 17.7 Å². The number of nitrogens with zero attached hydrogens (tertiary/aromatic N) is 1. The fourth-order valence-electron chi connectivity index (χ4n) is 1.53. The maximum atomic E-state index is 12.6. The van der Waals surface area contributed by atoms with E-state index in [9.17, 15) is 13.6 Å². The van der Waals surface area contributed by atoms with Crippen LogP contribution in [0.15, 0.2) is 66.8 Å². The molecule has 0 radical (unpaired) electrons. The lowest BCUT2D eigenvalue weighted by atomic mass is 10.3. The van der Waals surface area contributed by atoms with Gasteiger partial charge in [0.2, 0.25) is 0 Å². The normalized spacial score (nSPS) is 18.3. The Kier molecular flexibility index (Phi) is 7.32. The highest BCUT2D eigenvalue weighted by molar-refractivity contribution is 6.30. The predicted molar refractivity (Wildman–Crippen MR) is 94.3 cm³/mol. The van der Waals surface area contributed by atoms with E-state index in [-0.39, 0.29) is 5.84 Å². The third-order valence-corrected chi connectivity index (χ3v) is 3.09. The lowest BCUT2D eigenvalue weighted by molar-refractivity contribution is -0.120. The van der Waals surface area contributed by atoms with Crippen LogP contribution in [0.2, 0.25) is 5.02 Å². The lowest BCUT2D eigenvalue weighted by Crippen LogP contribution is -2.14. The summed E-state index contributed by atoms with van der Waals surface area (Å²) in [5, 5.41) is 3.43. The van der Waals surface area contributed by atoms with Crippen molar-refractivity contribution < 1.29 is 13.6 Å². The molecule has 1 atom stereocenters. The van der Waals surface area contributed by atoms with Gasteiger partial charge in [0.15, 0.2) is 0 Å². The molecule has 4 nitrogen and oxygen atoms in total. The molecule has 3 N–H and O–H groups in total. The summed E-state index contributed by atoms with van der Waals surface area (Å²) in [6, 6.07) is 6.95. The number of anilines is 1. The Morgan fingerprint density at radius 2 is 2.04 bits per heavy atom. The van der Waals surface area contributed by atoms with Gasteiger partial charge in [0.25, 0.3) is 11.8 Å². The summed E-state index contributed by atoms with van der Waals surface area (Å²) >= 11 is 5.80. The molecule has 1 saturated carbocycles. The van der Waals surface area contributed by atoms with Crippen LogP contribution in [0.3, 0.4) is 0 Å². The Bertz CT molecular complexity index is 666. The first-order valence-electron chi connectivity index (χ1n) is 6.98. The van der Waals surface area contributed by atoms with Gasteiger partial charge < -0.3 is 11.1 Å². The molecule has 1 unspecified atom stereocenters. The summed E-state index contributed by atoms with van der Waals surface area (Å²) in [5.41, 5.74) is 6.18. The number of alkyl halides is 2. The first-order chi connectivity index (χ1) is 11.3. The molecule has 0 aliphatic heterocycles. The zero-order valence-electron chi connectivity index (χ0n) is 12.9. The Balaban J connectivity index is 0.000000648. The Morgan fingerprint density at radius 1 is 1.42 bits per heavy atom. The van der Waals surface area contributed by atoms with Crippen LogP contribution < -0.4 is 11.1 Å². The van der Waals surface area contributed by atoms with Gasteiger partial charge in [-0.15, -0.1) is 0 Å². The molecular formula is C17H18ClF2N3O. The minimum absolute atomic E-state index is 0.132. The third-order valence-electron chi connectivity index (χ3n) is 2.86. The van der Waals surface area contributed by atoms with Crippen molar-refractivity contribution in [3.63, 3.8) is 0 Å². The van der Waals surface area contributed by atoms with E-state index in [0.29, 0.717) is 5.02 Å². The zero-order chi connectivity index (χ0) is 18.2. The highest BCUT2D eigenvalue weighted by Crippen LogP contribution is 2.49. The van der Waals surface area contributed by atoms with Gasteiger partial charge in [-0.25, -0.2) is 8.78 Å². The van der Waals surface area contributed by atoms with Gasteiger partial charge >= 0.3 is 0 Å². The summed E-state index contributed by atoms with van der Waals surface area (Å²) in [5.74, 6) is -5.27. The molecule has 128 valence electrons. The smallest absolute Gasteiger partial charge is 0.260 e. The molecule has 1 aromatic rings. The summed E-state index contributed by atoms with van der Waals surface area (Å²) in [7, 11) is 0. The summed E-state index contributed by atoms with van der Waals surface area (Å²) in [6.07, 6.45) is 5.59. The molecule has 0 bridgehead atoms. The topological polar surface area (TPSA) is 67.5 Å². The van der Waals surface area contributed by atoms with E-state index in [1.807, 2.05) is 0 Å². The molecule has 1 aliphatic rings. The number of hydrogen-bond acceptors (Lipinski definition) is 2. The van der Waals surface area contributed by atoms with Crippen molar-refractivity contribution in [3.05, 3.63) is 66.9 Å². The number of rotatable bonds is 5. The molecule has 0 aromatic heterocycles. The Morgan fingerprint density at radius 3 is 2.54 bits per heavy atom. The van der Waals surface area contributed by atoms with Crippen molar-refractivity contribution in [2.75, 3.05) is 5.32 Å². The van der Waals surface area contributed by atoms with Gasteiger partial charge in [0, 0.05) is 23.3 Å². The zero-order valence-corrected chi connectivity index (χ0v) is 13.6. The number of halogens is 3. The highest BCUT2D eigenvalue weighted by Gasteiger charge is 2.61. The van der Waals surface area contributed by atoms with E-state index in [2.05, 4.69) is 23.5 Å². The van der Waals surface area contributed by atoms with Gasteiger partial charge in [-0.2, -0.15) is 4.99 Å². The molecule has 1 fully saturated rings. The molecule has 1 aliphatic carbocycles. The monoisotopic (exact) mass is 353 g/mol. The quantitative estimate of drug-likeness (QED) is 0.474. The average molecular weight is 354 g/mol. The minimum atomic E-state index is -2.93. The van der Waals surface area contributed by atoms with Crippen molar-refractivity contribution >= 4 is 29.0 Å². The van der Waals surface area contributed by atoms with E-state index in [1.54, 1.807) is 36.4 Å². The number of aliphatic imine (C=N–C) groups is 1. The largest absolute Gasteiger partial charge is 0.384 e. The van der Waals surface area contributed by atoms with E-state index >= 15 is 0 Å². The highest BCUT2D eigenvalue weighted by atomic mass is 35.5. The maximum absolute atomic E-state index is 12.6. The molecule has 2 rings (SSSR count). The molecule has 1 aromatic carbocycles. The second-order valence-electron chi connectivity index (χ2n) is 4.85. The van der Waals surface area contributed by atoms with Crippen LogP contribution in [0, 0.1) is 5.92 Å². The van der Waals surface area contributed by atoms with Crippen LogP contribution in [-0.2, 0) is 4.79 Å². The third kappa shape index (κ3) is 6.75. The van der Waals surface area contributed by atoms with Crippen molar-refractivity contribution in [1.29, 1.82) is 0 Å². The lowest BCUT2D eigenvalue weighted by Gasteiger charge is -2.00. The summed E-state index contributed by atoms with van der Waals surface area (Å²) in [4.78, 5) is 14.7.